The summed E-state index contributed by atoms with van der Waals surface area (Å²) in [6.07, 6.45) is 4.90. The smallest absolute Gasteiger partial charge is 0.251 e. The number of phenols is 1. The number of phenolic OH excluding ortho intramolecular Hbond substituents is 1. The summed E-state index contributed by atoms with van der Waals surface area (Å²) in [5.41, 5.74) is 1.46. The van der Waals surface area contributed by atoms with E-state index in [0.717, 1.165) is 6.54 Å². The van der Waals surface area contributed by atoms with Crippen LogP contribution in [0.1, 0.15) is 48.5 Å². The van der Waals surface area contributed by atoms with E-state index in [1.165, 1.54) is 25.7 Å². The van der Waals surface area contributed by atoms with Gasteiger partial charge >= 0.3 is 0 Å². The molecule has 1 fully saturated rings. The fraction of sp³-hybridized carbons (Fsp3) is 0.533. The molecule has 1 aliphatic carbocycles. The number of hydrogen-bond donors (Lipinski definition) is 2. The van der Waals surface area contributed by atoms with Gasteiger partial charge in [-0.1, -0.05) is 25.8 Å². The predicted octanol–water partition coefficient (Wildman–Crippen LogP) is 3.01. The molecule has 1 amide bonds. The monoisotopic (exact) mass is 247 g/mol. The second-order valence-electron chi connectivity index (χ2n) is 5.65. The highest BCUT2D eigenvalue weighted by molar-refractivity contribution is 5.96. The number of amides is 1. The van der Waals surface area contributed by atoms with Crippen molar-refractivity contribution >= 4 is 5.91 Å². The fourth-order valence-corrected chi connectivity index (χ4v) is 2.66. The van der Waals surface area contributed by atoms with Crippen LogP contribution in [0.25, 0.3) is 0 Å². The lowest BCUT2D eigenvalue weighted by atomic mass is 9.89. The van der Waals surface area contributed by atoms with Crippen LogP contribution in [0.2, 0.25) is 0 Å². The van der Waals surface area contributed by atoms with Crippen molar-refractivity contribution in [3.63, 3.8) is 0 Å². The van der Waals surface area contributed by atoms with Crippen molar-refractivity contribution in [3.8, 4) is 5.75 Å². The van der Waals surface area contributed by atoms with Crippen molar-refractivity contribution in [2.75, 3.05) is 6.54 Å². The van der Waals surface area contributed by atoms with Gasteiger partial charge in [0, 0.05) is 17.7 Å². The number of aromatic hydroxyl groups is 1. The molecule has 3 nitrogen and oxygen atoms in total. The second kappa shape index (κ2) is 5.01. The molecule has 1 aromatic carbocycles. The SMILES string of the molecule is Cc1c(O)cccc1C(=O)NCC1(C)CCCC1. The van der Waals surface area contributed by atoms with Gasteiger partial charge in [-0.2, -0.15) is 0 Å². The van der Waals surface area contributed by atoms with E-state index in [9.17, 15) is 9.90 Å². The van der Waals surface area contributed by atoms with Crippen LogP contribution in [0, 0.1) is 12.3 Å². The molecule has 0 heterocycles. The Labute approximate surface area is 108 Å². The lowest BCUT2D eigenvalue weighted by Crippen LogP contribution is -2.34. The molecule has 3 heteroatoms. The fourth-order valence-electron chi connectivity index (χ4n) is 2.66. The molecule has 98 valence electrons. The normalized spacial score (nSPS) is 17.7. The highest BCUT2D eigenvalue weighted by Gasteiger charge is 2.29. The molecule has 0 unspecified atom stereocenters. The van der Waals surface area contributed by atoms with Crippen molar-refractivity contribution in [2.45, 2.75) is 39.5 Å². The van der Waals surface area contributed by atoms with E-state index in [-0.39, 0.29) is 17.1 Å². The second-order valence-corrected chi connectivity index (χ2v) is 5.65. The molecule has 18 heavy (non-hydrogen) atoms. The van der Waals surface area contributed by atoms with Crippen molar-refractivity contribution in [1.29, 1.82) is 0 Å². The maximum atomic E-state index is 12.1. The number of benzene rings is 1. The van der Waals surface area contributed by atoms with Crippen LogP contribution in [0.3, 0.4) is 0 Å². The first-order valence-electron chi connectivity index (χ1n) is 6.59. The molecule has 0 saturated heterocycles. The largest absolute Gasteiger partial charge is 0.508 e. The van der Waals surface area contributed by atoms with E-state index >= 15 is 0 Å². The molecular formula is C15H21NO2. The zero-order valence-electron chi connectivity index (χ0n) is 11.1. The topological polar surface area (TPSA) is 49.3 Å². The summed E-state index contributed by atoms with van der Waals surface area (Å²) >= 11 is 0. The first kappa shape index (κ1) is 12.9. The lowest BCUT2D eigenvalue weighted by molar-refractivity contribution is 0.0933. The molecular weight excluding hydrogens is 226 g/mol. The van der Waals surface area contributed by atoms with Gasteiger partial charge in [0.1, 0.15) is 5.75 Å². The van der Waals surface area contributed by atoms with Crippen molar-refractivity contribution in [3.05, 3.63) is 29.3 Å². The maximum Gasteiger partial charge on any atom is 0.251 e. The third-order valence-electron chi connectivity index (χ3n) is 4.04. The minimum Gasteiger partial charge on any atom is -0.508 e. The predicted molar refractivity (Wildman–Crippen MR) is 71.8 cm³/mol. The maximum absolute atomic E-state index is 12.1. The third kappa shape index (κ3) is 2.66. The Balaban J connectivity index is 2.01. The Kier molecular flexibility index (Phi) is 3.60. The summed E-state index contributed by atoms with van der Waals surface area (Å²) in [6.45, 7) is 4.72. The van der Waals surface area contributed by atoms with Crippen LogP contribution < -0.4 is 5.32 Å². The standard InChI is InChI=1S/C15H21NO2/c1-11-12(6-5-7-13(11)17)14(18)16-10-15(2)8-3-4-9-15/h5-7,17H,3-4,8-10H2,1-2H3,(H,16,18). The van der Waals surface area contributed by atoms with Crippen LogP contribution in [-0.4, -0.2) is 17.6 Å². The van der Waals surface area contributed by atoms with Crippen molar-refractivity contribution in [2.24, 2.45) is 5.41 Å². The molecule has 0 aromatic heterocycles. The third-order valence-corrected chi connectivity index (χ3v) is 4.04. The van der Waals surface area contributed by atoms with E-state index in [4.69, 9.17) is 0 Å². The first-order chi connectivity index (χ1) is 8.52. The van der Waals surface area contributed by atoms with E-state index in [1.54, 1.807) is 25.1 Å². The highest BCUT2D eigenvalue weighted by atomic mass is 16.3. The van der Waals surface area contributed by atoms with E-state index in [0.29, 0.717) is 11.1 Å². The molecule has 2 rings (SSSR count). The van der Waals surface area contributed by atoms with Crippen molar-refractivity contribution in [1.82, 2.24) is 5.32 Å². The van der Waals surface area contributed by atoms with Crippen molar-refractivity contribution < 1.29 is 9.90 Å². The first-order valence-corrected chi connectivity index (χ1v) is 6.59. The van der Waals surface area contributed by atoms with E-state index < -0.39 is 0 Å². The van der Waals surface area contributed by atoms with Crippen LogP contribution in [0.15, 0.2) is 18.2 Å². The number of carbonyl (C=O) groups excluding carboxylic acids is 1. The molecule has 1 aliphatic rings. The zero-order chi connectivity index (χ0) is 13.2. The molecule has 0 spiro atoms. The molecule has 0 bridgehead atoms. The van der Waals surface area contributed by atoms with Crippen LogP contribution >= 0.6 is 0 Å². The summed E-state index contributed by atoms with van der Waals surface area (Å²) in [4.78, 5) is 12.1. The average molecular weight is 247 g/mol. The summed E-state index contributed by atoms with van der Waals surface area (Å²) < 4.78 is 0. The lowest BCUT2D eigenvalue weighted by Gasteiger charge is -2.23. The summed E-state index contributed by atoms with van der Waals surface area (Å²) in [5.74, 6) is 0.0891. The number of hydrogen-bond acceptors (Lipinski definition) is 2. The van der Waals surface area contributed by atoms with Crippen LogP contribution in [-0.2, 0) is 0 Å². The zero-order valence-corrected chi connectivity index (χ0v) is 11.1. The minimum atomic E-state index is -0.0866. The van der Waals surface area contributed by atoms with Gasteiger partial charge in [0.05, 0.1) is 0 Å². The van der Waals surface area contributed by atoms with Crippen LogP contribution in [0.4, 0.5) is 0 Å². The van der Waals surface area contributed by atoms with Gasteiger partial charge < -0.3 is 10.4 Å². The van der Waals surface area contributed by atoms with Gasteiger partial charge in [-0.25, -0.2) is 0 Å². The molecule has 2 N–H and O–H groups in total. The Morgan fingerprint density at radius 1 is 1.39 bits per heavy atom. The van der Waals surface area contributed by atoms with E-state index in [2.05, 4.69) is 12.2 Å². The Hall–Kier alpha value is -1.51. The van der Waals surface area contributed by atoms with E-state index in [1.807, 2.05) is 0 Å². The Bertz CT molecular complexity index is 448. The van der Waals surface area contributed by atoms with Gasteiger partial charge in [-0.15, -0.1) is 0 Å². The average Bonchev–Trinajstić information content (AvgIpc) is 2.77. The Morgan fingerprint density at radius 3 is 2.72 bits per heavy atom. The summed E-state index contributed by atoms with van der Waals surface area (Å²) in [7, 11) is 0. The number of carbonyl (C=O) groups is 1. The molecule has 1 aromatic rings. The quantitative estimate of drug-likeness (QED) is 0.862. The number of rotatable bonds is 3. The summed E-state index contributed by atoms with van der Waals surface area (Å²) in [6, 6.07) is 5.06. The minimum absolute atomic E-state index is 0.0866. The van der Waals surface area contributed by atoms with Gasteiger partial charge in [-0.05, 0) is 37.3 Å². The van der Waals surface area contributed by atoms with Gasteiger partial charge in [0.15, 0.2) is 0 Å². The molecule has 0 atom stereocenters. The molecule has 0 radical (unpaired) electrons. The van der Waals surface area contributed by atoms with Gasteiger partial charge in [-0.3, -0.25) is 4.79 Å². The summed E-state index contributed by atoms with van der Waals surface area (Å²) in [5, 5.41) is 12.6. The molecule has 1 saturated carbocycles. The van der Waals surface area contributed by atoms with Crippen LogP contribution in [0.5, 0.6) is 5.75 Å². The van der Waals surface area contributed by atoms with Gasteiger partial charge in [0.25, 0.3) is 5.91 Å². The highest BCUT2D eigenvalue weighted by Crippen LogP contribution is 2.36. The number of nitrogens with one attached hydrogen (secondary N) is 1. The Morgan fingerprint density at radius 2 is 2.06 bits per heavy atom. The van der Waals surface area contributed by atoms with Gasteiger partial charge in [0.2, 0.25) is 0 Å². The molecule has 0 aliphatic heterocycles.